The molecule has 0 amide bonds. The summed E-state index contributed by atoms with van der Waals surface area (Å²) < 4.78 is 0. The molecule has 1 heterocycles. The van der Waals surface area contributed by atoms with Gasteiger partial charge in [0.25, 0.3) is 0 Å². The van der Waals surface area contributed by atoms with Gasteiger partial charge in [0.15, 0.2) is 0 Å². The van der Waals surface area contributed by atoms with E-state index in [-0.39, 0.29) is 0 Å². The van der Waals surface area contributed by atoms with Crippen molar-refractivity contribution in [3.8, 4) is 0 Å². The molecule has 1 saturated carbocycles. The smallest absolute Gasteiger partial charge is 0.0385 e. The summed E-state index contributed by atoms with van der Waals surface area (Å²) in [6.07, 6.45) is 6.93. The molecule has 0 radical (unpaired) electrons. The van der Waals surface area contributed by atoms with Crippen molar-refractivity contribution in [2.75, 3.05) is 6.54 Å². The molecule has 1 aliphatic rings. The van der Waals surface area contributed by atoms with Gasteiger partial charge in [-0.05, 0) is 55.2 Å². The fourth-order valence-electron chi connectivity index (χ4n) is 3.43. The molecule has 96 valence electrons. The zero-order chi connectivity index (χ0) is 12.3. The second-order valence-electron chi connectivity index (χ2n) is 5.40. The standard InChI is InChI=1S/C15H25NS/c1-4-15(8-6-7-9-15)14(16-5-2)13-10-12(3)17-11-13/h10-11,14,16H,4-9H2,1-3H3. The lowest BCUT2D eigenvalue weighted by molar-refractivity contribution is 0.189. The van der Waals surface area contributed by atoms with Gasteiger partial charge < -0.3 is 5.32 Å². The Bertz CT molecular complexity index is 350. The van der Waals surface area contributed by atoms with E-state index < -0.39 is 0 Å². The van der Waals surface area contributed by atoms with Crippen molar-refractivity contribution in [3.05, 3.63) is 21.9 Å². The molecule has 1 aromatic heterocycles. The van der Waals surface area contributed by atoms with Crippen LogP contribution in [0.15, 0.2) is 11.4 Å². The first-order chi connectivity index (χ1) is 8.22. The average molecular weight is 251 g/mol. The topological polar surface area (TPSA) is 12.0 Å². The Morgan fingerprint density at radius 2 is 2.06 bits per heavy atom. The van der Waals surface area contributed by atoms with Crippen LogP contribution in [-0.4, -0.2) is 6.54 Å². The van der Waals surface area contributed by atoms with E-state index in [9.17, 15) is 0 Å². The van der Waals surface area contributed by atoms with Crippen LogP contribution in [0.2, 0.25) is 0 Å². The maximum absolute atomic E-state index is 3.75. The number of hydrogen-bond acceptors (Lipinski definition) is 2. The number of hydrogen-bond donors (Lipinski definition) is 1. The minimum atomic E-state index is 0.517. The Kier molecular flexibility index (Phi) is 4.26. The average Bonchev–Trinajstić information content (AvgIpc) is 2.95. The van der Waals surface area contributed by atoms with Gasteiger partial charge in [-0.1, -0.05) is 26.7 Å². The van der Waals surface area contributed by atoms with Gasteiger partial charge in [0.05, 0.1) is 0 Å². The molecule has 2 heteroatoms. The van der Waals surface area contributed by atoms with Crippen molar-refractivity contribution >= 4 is 11.3 Å². The Balaban J connectivity index is 2.27. The molecular formula is C15H25NS. The van der Waals surface area contributed by atoms with Gasteiger partial charge in [-0.25, -0.2) is 0 Å². The Labute approximate surface area is 110 Å². The molecule has 1 N–H and O–H groups in total. The molecule has 0 aromatic carbocycles. The lowest BCUT2D eigenvalue weighted by Gasteiger charge is -2.37. The van der Waals surface area contributed by atoms with Crippen molar-refractivity contribution in [3.63, 3.8) is 0 Å². The molecule has 1 aromatic rings. The summed E-state index contributed by atoms with van der Waals surface area (Å²) in [5, 5.41) is 6.11. The molecule has 2 rings (SSSR count). The number of rotatable bonds is 5. The molecule has 1 aliphatic carbocycles. The summed E-state index contributed by atoms with van der Waals surface area (Å²) in [7, 11) is 0. The van der Waals surface area contributed by atoms with Crippen molar-refractivity contribution in [1.82, 2.24) is 5.32 Å². The van der Waals surface area contributed by atoms with Gasteiger partial charge in [0.1, 0.15) is 0 Å². The predicted octanol–water partition coefficient (Wildman–Crippen LogP) is 4.68. The summed E-state index contributed by atoms with van der Waals surface area (Å²) in [6.45, 7) is 7.88. The summed E-state index contributed by atoms with van der Waals surface area (Å²) >= 11 is 1.89. The Morgan fingerprint density at radius 3 is 2.53 bits per heavy atom. The largest absolute Gasteiger partial charge is 0.310 e. The quantitative estimate of drug-likeness (QED) is 0.801. The van der Waals surface area contributed by atoms with E-state index in [2.05, 4.69) is 37.5 Å². The van der Waals surface area contributed by atoms with Crippen LogP contribution in [0.5, 0.6) is 0 Å². The number of thiophene rings is 1. The van der Waals surface area contributed by atoms with Crippen LogP contribution >= 0.6 is 11.3 Å². The summed E-state index contributed by atoms with van der Waals surface area (Å²) in [6, 6.07) is 2.96. The van der Waals surface area contributed by atoms with Gasteiger partial charge in [-0.2, -0.15) is 0 Å². The third-order valence-electron chi connectivity index (χ3n) is 4.41. The van der Waals surface area contributed by atoms with Crippen molar-refractivity contribution in [1.29, 1.82) is 0 Å². The molecule has 1 atom stereocenters. The summed E-state index contributed by atoms with van der Waals surface area (Å²) in [4.78, 5) is 1.44. The minimum Gasteiger partial charge on any atom is -0.310 e. The van der Waals surface area contributed by atoms with Gasteiger partial charge in [0.2, 0.25) is 0 Å². The Hall–Kier alpha value is -0.340. The minimum absolute atomic E-state index is 0.517. The molecule has 0 bridgehead atoms. The highest BCUT2D eigenvalue weighted by Gasteiger charge is 2.40. The molecule has 0 saturated heterocycles. The van der Waals surface area contributed by atoms with Crippen LogP contribution in [0.3, 0.4) is 0 Å². The zero-order valence-corrected chi connectivity index (χ0v) is 12.2. The van der Waals surface area contributed by atoms with Crippen LogP contribution in [0.4, 0.5) is 0 Å². The first-order valence-electron chi connectivity index (χ1n) is 7.00. The lowest BCUT2D eigenvalue weighted by Crippen LogP contribution is -2.35. The van der Waals surface area contributed by atoms with Crippen LogP contribution in [0.25, 0.3) is 0 Å². The molecule has 0 spiro atoms. The lowest BCUT2D eigenvalue weighted by atomic mass is 9.74. The highest BCUT2D eigenvalue weighted by atomic mass is 32.1. The Morgan fingerprint density at radius 1 is 1.35 bits per heavy atom. The van der Waals surface area contributed by atoms with E-state index in [4.69, 9.17) is 0 Å². The predicted molar refractivity (Wildman–Crippen MR) is 76.7 cm³/mol. The molecule has 17 heavy (non-hydrogen) atoms. The van der Waals surface area contributed by atoms with E-state index >= 15 is 0 Å². The van der Waals surface area contributed by atoms with Crippen molar-refractivity contribution in [2.24, 2.45) is 5.41 Å². The van der Waals surface area contributed by atoms with Gasteiger partial charge in [-0.3, -0.25) is 0 Å². The molecule has 1 fully saturated rings. The highest BCUT2D eigenvalue weighted by Crippen LogP contribution is 2.50. The van der Waals surface area contributed by atoms with Crippen molar-refractivity contribution in [2.45, 2.75) is 58.9 Å². The van der Waals surface area contributed by atoms with Gasteiger partial charge in [-0.15, -0.1) is 11.3 Å². The monoisotopic (exact) mass is 251 g/mol. The van der Waals surface area contributed by atoms with E-state index in [1.807, 2.05) is 11.3 Å². The SMILES string of the molecule is CCNC(c1csc(C)c1)C1(CC)CCCC1. The first-order valence-corrected chi connectivity index (χ1v) is 7.88. The van der Waals surface area contributed by atoms with E-state index in [1.165, 1.54) is 42.5 Å². The second-order valence-corrected chi connectivity index (χ2v) is 6.52. The van der Waals surface area contributed by atoms with Crippen LogP contribution in [-0.2, 0) is 0 Å². The van der Waals surface area contributed by atoms with Crippen molar-refractivity contribution < 1.29 is 0 Å². The first kappa shape index (κ1) is 13.1. The molecule has 0 aliphatic heterocycles. The summed E-state index contributed by atoms with van der Waals surface area (Å²) in [5.74, 6) is 0. The zero-order valence-electron chi connectivity index (χ0n) is 11.4. The maximum atomic E-state index is 3.75. The third kappa shape index (κ3) is 2.58. The van der Waals surface area contributed by atoms with E-state index in [0.29, 0.717) is 11.5 Å². The van der Waals surface area contributed by atoms with E-state index in [1.54, 1.807) is 0 Å². The van der Waals surface area contributed by atoms with Gasteiger partial charge >= 0.3 is 0 Å². The maximum Gasteiger partial charge on any atom is 0.0385 e. The third-order valence-corrected chi connectivity index (χ3v) is 5.29. The van der Waals surface area contributed by atoms with Gasteiger partial charge in [0, 0.05) is 10.9 Å². The second kappa shape index (κ2) is 5.53. The number of aryl methyl sites for hydroxylation is 1. The highest BCUT2D eigenvalue weighted by molar-refractivity contribution is 7.10. The van der Waals surface area contributed by atoms with E-state index in [0.717, 1.165) is 6.54 Å². The molecular weight excluding hydrogens is 226 g/mol. The normalized spacial score (nSPS) is 20.6. The summed E-state index contributed by atoms with van der Waals surface area (Å²) in [5.41, 5.74) is 2.04. The van der Waals surface area contributed by atoms with Crippen LogP contribution in [0.1, 0.15) is 62.4 Å². The number of nitrogens with one attached hydrogen (secondary N) is 1. The van der Waals surface area contributed by atoms with Crippen LogP contribution in [0, 0.1) is 12.3 Å². The fraction of sp³-hybridized carbons (Fsp3) is 0.733. The molecule has 1 nitrogen and oxygen atoms in total. The fourth-order valence-corrected chi connectivity index (χ4v) is 4.16. The molecule has 1 unspecified atom stereocenters. The van der Waals surface area contributed by atoms with Crippen LogP contribution < -0.4 is 5.32 Å².